The molecule has 1 aliphatic rings. The van der Waals surface area contributed by atoms with Gasteiger partial charge in [-0.3, -0.25) is 9.69 Å². The molecular formula is C28H37N3O5S. The van der Waals surface area contributed by atoms with Gasteiger partial charge < -0.3 is 23.7 Å². The van der Waals surface area contributed by atoms with Crippen molar-refractivity contribution in [3.05, 3.63) is 45.7 Å². The highest BCUT2D eigenvalue weighted by Gasteiger charge is 2.32. The molecule has 0 spiro atoms. The van der Waals surface area contributed by atoms with Crippen LogP contribution in [0.5, 0.6) is 11.5 Å². The standard InChI is InChI=1S/C28H37N3O5S/c1-8-19-15-30(11-12-31(19)27(33)36-28(2,3)4)16-20-14-21-25(37-20)22(17-29(5)26(21)32)18-9-10-23(34-6)24(13-18)35-7/h9-10,13-14,17,19H,8,11-12,15-16H2,1-7H3. The van der Waals surface area contributed by atoms with Crippen LogP contribution in [-0.4, -0.2) is 66.0 Å². The van der Waals surface area contributed by atoms with E-state index in [2.05, 4.69) is 11.8 Å². The zero-order chi connectivity index (χ0) is 26.9. The maximum Gasteiger partial charge on any atom is 0.410 e. The van der Waals surface area contributed by atoms with E-state index in [1.54, 1.807) is 37.2 Å². The minimum Gasteiger partial charge on any atom is -0.493 e. The van der Waals surface area contributed by atoms with Crippen molar-refractivity contribution >= 4 is 27.5 Å². The molecule has 4 rings (SSSR count). The largest absolute Gasteiger partial charge is 0.493 e. The zero-order valence-corrected chi connectivity index (χ0v) is 23.6. The van der Waals surface area contributed by atoms with Gasteiger partial charge in [-0.2, -0.15) is 0 Å². The molecule has 0 saturated carbocycles. The molecule has 9 heteroatoms. The van der Waals surface area contributed by atoms with E-state index in [0.29, 0.717) is 23.4 Å². The number of fused-ring (bicyclic) bond motifs is 1. The highest BCUT2D eigenvalue weighted by molar-refractivity contribution is 7.19. The fourth-order valence-corrected chi connectivity index (χ4v) is 6.01. The van der Waals surface area contributed by atoms with Gasteiger partial charge in [0, 0.05) is 60.6 Å². The molecule has 1 amide bonds. The number of hydrogen-bond acceptors (Lipinski definition) is 7. The Bertz CT molecular complexity index is 1340. The van der Waals surface area contributed by atoms with Gasteiger partial charge in [0.25, 0.3) is 5.56 Å². The number of amides is 1. The Labute approximate surface area is 222 Å². The summed E-state index contributed by atoms with van der Waals surface area (Å²) in [4.78, 5) is 31.1. The second kappa shape index (κ2) is 10.8. The molecule has 1 saturated heterocycles. The maximum atomic E-state index is 13.0. The Morgan fingerprint density at radius 3 is 2.49 bits per heavy atom. The fraction of sp³-hybridized carbons (Fsp3) is 0.500. The molecule has 0 bridgehead atoms. The van der Waals surface area contributed by atoms with Crippen LogP contribution in [0.25, 0.3) is 21.2 Å². The Kier molecular flexibility index (Phi) is 7.85. The van der Waals surface area contributed by atoms with Crippen LogP contribution in [0.3, 0.4) is 0 Å². The van der Waals surface area contributed by atoms with Crippen LogP contribution in [-0.2, 0) is 18.3 Å². The summed E-state index contributed by atoms with van der Waals surface area (Å²) in [6.07, 6.45) is 2.49. The lowest BCUT2D eigenvalue weighted by molar-refractivity contribution is -0.00289. The number of carbonyl (C=O) groups is 1. The number of hydrogen-bond donors (Lipinski definition) is 0. The van der Waals surface area contributed by atoms with Gasteiger partial charge in [-0.1, -0.05) is 13.0 Å². The van der Waals surface area contributed by atoms with Crippen molar-refractivity contribution < 1.29 is 19.0 Å². The number of thiophene rings is 1. The minimum absolute atomic E-state index is 0.0112. The smallest absolute Gasteiger partial charge is 0.410 e. The lowest BCUT2D eigenvalue weighted by Gasteiger charge is -2.41. The van der Waals surface area contributed by atoms with Crippen LogP contribution in [0.1, 0.15) is 39.0 Å². The molecular weight excluding hydrogens is 490 g/mol. The molecule has 2 aromatic heterocycles. The number of piperazine rings is 1. The van der Waals surface area contributed by atoms with Crippen LogP contribution in [0.2, 0.25) is 0 Å². The number of benzene rings is 1. The summed E-state index contributed by atoms with van der Waals surface area (Å²) in [6, 6.07) is 7.93. The molecule has 3 heterocycles. The lowest BCUT2D eigenvalue weighted by Crippen LogP contribution is -2.55. The van der Waals surface area contributed by atoms with Gasteiger partial charge in [0.2, 0.25) is 0 Å². The first-order valence-corrected chi connectivity index (χ1v) is 13.4. The number of aryl methyl sites for hydroxylation is 1. The summed E-state index contributed by atoms with van der Waals surface area (Å²) in [5, 5.41) is 0.717. The van der Waals surface area contributed by atoms with E-state index in [9.17, 15) is 9.59 Å². The third kappa shape index (κ3) is 5.78. The van der Waals surface area contributed by atoms with E-state index < -0.39 is 5.60 Å². The van der Waals surface area contributed by atoms with Gasteiger partial charge in [-0.15, -0.1) is 11.3 Å². The molecule has 8 nitrogen and oxygen atoms in total. The summed E-state index contributed by atoms with van der Waals surface area (Å²) in [5.41, 5.74) is 1.42. The van der Waals surface area contributed by atoms with E-state index >= 15 is 0 Å². The number of nitrogens with zero attached hydrogens (tertiary/aromatic N) is 3. The molecule has 3 aromatic rings. The highest BCUT2D eigenvalue weighted by atomic mass is 32.1. The average Bonchev–Trinajstić information content (AvgIpc) is 3.28. The number of rotatable bonds is 6. The molecule has 1 unspecified atom stereocenters. The lowest BCUT2D eigenvalue weighted by atomic mass is 10.1. The van der Waals surface area contributed by atoms with Crippen molar-refractivity contribution in [2.45, 2.75) is 52.3 Å². The first kappa shape index (κ1) is 27.0. The zero-order valence-electron chi connectivity index (χ0n) is 22.8. The highest BCUT2D eigenvalue weighted by Crippen LogP contribution is 2.38. The van der Waals surface area contributed by atoms with E-state index in [1.165, 1.54) is 0 Å². The van der Waals surface area contributed by atoms with Crippen molar-refractivity contribution in [1.82, 2.24) is 14.4 Å². The van der Waals surface area contributed by atoms with Crippen LogP contribution >= 0.6 is 11.3 Å². The first-order valence-electron chi connectivity index (χ1n) is 12.6. The van der Waals surface area contributed by atoms with Crippen molar-refractivity contribution in [1.29, 1.82) is 0 Å². The molecule has 1 fully saturated rings. The Morgan fingerprint density at radius 1 is 1.11 bits per heavy atom. The molecule has 1 aromatic carbocycles. The molecule has 37 heavy (non-hydrogen) atoms. The number of methoxy groups -OCH3 is 2. The minimum atomic E-state index is -0.513. The van der Waals surface area contributed by atoms with E-state index in [-0.39, 0.29) is 17.7 Å². The Hall–Kier alpha value is -3.04. The Morgan fingerprint density at radius 2 is 1.84 bits per heavy atom. The van der Waals surface area contributed by atoms with Crippen molar-refractivity contribution in [3.63, 3.8) is 0 Å². The van der Waals surface area contributed by atoms with E-state index in [1.807, 2.05) is 56.1 Å². The third-order valence-corrected chi connectivity index (χ3v) is 7.79. The number of ether oxygens (including phenoxy) is 3. The van der Waals surface area contributed by atoms with Crippen molar-refractivity contribution in [3.8, 4) is 22.6 Å². The predicted octanol–water partition coefficient (Wildman–Crippen LogP) is 5.12. The second-order valence-electron chi connectivity index (χ2n) is 10.5. The van der Waals surface area contributed by atoms with Crippen LogP contribution in [0, 0.1) is 0 Å². The number of pyridine rings is 1. The van der Waals surface area contributed by atoms with Crippen LogP contribution in [0.15, 0.2) is 35.3 Å². The molecule has 0 radical (unpaired) electrons. The van der Waals surface area contributed by atoms with Crippen LogP contribution < -0.4 is 15.0 Å². The summed E-state index contributed by atoms with van der Waals surface area (Å²) in [5.74, 6) is 1.31. The summed E-state index contributed by atoms with van der Waals surface area (Å²) < 4.78 is 19.1. The van der Waals surface area contributed by atoms with Gasteiger partial charge in [0.15, 0.2) is 11.5 Å². The van der Waals surface area contributed by atoms with Crippen molar-refractivity contribution in [2.75, 3.05) is 33.9 Å². The maximum absolute atomic E-state index is 13.0. The summed E-state index contributed by atoms with van der Waals surface area (Å²) in [7, 11) is 5.02. The van der Waals surface area contributed by atoms with Gasteiger partial charge in [0.1, 0.15) is 5.60 Å². The first-order chi connectivity index (χ1) is 17.5. The van der Waals surface area contributed by atoms with Crippen molar-refractivity contribution in [2.24, 2.45) is 7.05 Å². The molecule has 1 atom stereocenters. The number of aromatic nitrogens is 1. The van der Waals surface area contributed by atoms with Gasteiger partial charge in [-0.05, 0) is 51.0 Å². The van der Waals surface area contributed by atoms with Gasteiger partial charge >= 0.3 is 6.09 Å². The quantitative estimate of drug-likeness (QED) is 0.443. The predicted molar refractivity (Wildman–Crippen MR) is 148 cm³/mol. The monoisotopic (exact) mass is 527 g/mol. The van der Waals surface area contributed by atoms with Gasteiger partial charge in [-0.25, -0.2) is 4.79 Å². The summed E-state index contributed by atoms with van der Waals surface area (Å²) >= 11 is 1.65. The molecule has 0 aliphatic carbocycles. The SMILES string of the molecule is CCC1CN(Cc2cc3c(=O)n(C)cc(-c4ccc(OC)c(OC)c4)c3s2)CCN1C(=O)OC(C)(C)C. The van der Waals surface area contributed by atoms with E-state index in [0.717, 1.165) is 46.8 Å². The second-order valence-corrected chi connectivity index (χ2v) is 11.6. The number of carbonyl (C=O) groups excluding carboxylic acids is 1. The molecule has 200 valence electrons. The molecule has 1 aliphatic heterocycles. The average molecular weight is 528 g/mol. The van der Waals surface area contributed by atoms with E-state index in [4.69, 9.17) is 14.2 Å². The fourth-order valence-electron chi connectivity index (χ4n) is 4.78. The topological polar surface area (TPSA) is 73.2 Å². The van der Waals surface area contributed by atoms with Crippen LogP contribution in [0.4, 0.5) is 4.79 Å². The Balaban J connectivity index is 1.60. The van der Waals surface area contributed by atoms with Gasteiger partial charge in [0.05, 0.1) is 19.6 Å². The normalized spacial score (nSPS) is 16.7. The third-order valence-electron chi connectivity index (χ3n) is 6.64. The molecule has 0 N–H and O–H groups in total. The summed E-state index contributed by atoms with van der Waals surface area (Å²) in [6.45, 7) is 10.7.